The van der Waals surface area contributed by atoms with Crippen LogP contribution in [0.5, 0.6) is 0 Å². The lowest BCUT2D eigenvalue weighted by molar-refractivity contribution is 0.579. The molecular weight excluding hydrogens is 384 g/mol. The Balaban J connectivity index is 2.96. The van der Waals surface area contributed by atoms with Gasteiger partial charge in [-0.1, -0.05) is 15.9 Å². The van der Waals surface area contributed by atoms with Gasteiger partial charge in [0.25, 0.3) is 0 Å². The zero-order valence-electron chi connectivity index (χ0n) is 9.41. The van der Waals surface area contributed by atoms with Crippen LogP contribution >= 0.6 is 31.9 Å². The van der Waals surface area contributed by atoms with E-state index >= 15 is 0 Å². The normalized spacial score (nSPS) is 11.2. The molecule has 0 radical (unpaired) electrons. The number of hydrogen-bond acceptors (Lipinski definition) is 3. The van der Waals surface area contributed by atoms with Crippen LogP contribution in [-0.2, 0) is 10.0 Å². The Bertz CT molecular complexity index is 556. The third kappa shape index (κ3) is 3.99. The summed E-state index contributed by atoms with van der Waals surface area (Å²) in [5.41, 5.74) is 5.91. The molecule has 0 fully saturated rings. The van der Waals surface area contributed by atoms with E-state index in [2.05, 4.69) is 42.5 Å². The summed E-state index contributed by atoms with van der Waals surface area (Å²) in [6.07, 6.45) is 6.21. The summed E-state index contributed by atoms with van der Waals surface area (Å²) < 4.78 is 27.7. The van der Waals surface area contributed by atoms with Crippen molar-refractivity contribution in [2.75, 3.05) is 12.3 Å². The zero-order valence-corrected chi connectivity index (χ0v) is 13.4. The standard InChI is InChI=1S/C11H12Br2N2O2S/c1-2-3-4-5-15-18(16,17)11-9(13)6-8(12)7-10(11)14/h1,6-7,15H,3-5,14H2. The first-order valence-electron chi connectivity index (χ1n) is 5.06. The fourth-order valence-corrected chi connectivity index (χ4v) is 4.47. The van der Waals surface area contributed by atoms with Gasteiger partial charge in [0.05, 0.1) is 5.69 Å². The number of benzene rings is 1. The van der Waals surface area contributed by atoms with Crippen molar-refractivity contribution >= 4 is 47.6 Å². The summed E-state index contributed by atoms with van der Waals surface area (Å²) >= 11 is 6.43. The second kappa shape index (κ2) is 6.57. The predicted octanol–water partition coefficient (Wildman–Crippen LogP) is 2.49. The van der Waals surface area contributed by atoms with Crippen molar-refractivity contribution < 1.29 is 8.42 Å². The molecule has 0 atom stereocenters. The molecule has 0 bridgehead atoms. The SMILES string of the molecule is C#CCCCNS(=O)(=O)c1c(N)cc(Br)cc1Br. The number of sulfonamides is 1. The maximum Gasteiger partial charge on any atom is 0.243 e. The summed E-state index contributed by atoms with van der Waals surface area (Å²) in [7, 11) is -3.63. The Morgan fingerprint density at radius 3 is 2.61 bits per heavy atom. The number of rotatable bonds is 5. The smallest absolute Gasteiger partial charge is 0.243 e. The topological polar surface area (TPSA) is 72.2 Å². The van der Waals surface area contributed by atoms with Crippen molar-refractivity contribution in [3.8, 4) is 12.3 Å². The van der Waals surface area contributed by atoms with Crippen molar-refractivity contribution in [3.63, 3.8) is 0 Å². The van der Waals surface area contributed by atoms with Crippen LogP contribution < -0.4 is 10.5 Å². The molecule has 7 heteroatoms. The molecule has 1 aromatic rings. The van der Waals surface area contributed by atoms with E-state index in [1.165, 1.54) is 0 Å². The average Bonchev–Trinajstić information content (AvgIpc) is 2.22. The number of hydrogen-bond donors (Lipinski definition) is 2. The number of halogens is 2. The van der Waals surface area contributed by atoms with Gasteiger partial charge in [0.2, 0.25) is 10.0 Å². The van der Waals surface area contributed by atoms with Gasteiger partial charge in [-0.15, -0.1) is 12.3 Å². The van der Waals surface area contributed by atoms with Crippen LogP contribution in [0.3, 0.4) is 0 Å². The van der Waals surface area contributed by atoms with Crippen LogP contribution in [-0.4, -0.2) is 15.0 Å². The third-order valence-electron chi connectivity index (χ3n) is 2.10. The van der Waals surface area contributed by atoms with E-state index in [0.717, 1.165) is 0 Å². The molecule has 18 heavy (non-hydrogen) atoms. The highest BCUT2D eigenvalue weighted by Gasteiger charge is 2.20. The molecule has 0 amide bonds. The highest BCUT2D eigenvalue weighted by molar-refractivity contribution is 9.11. The van der Waals surface area contributed by atoms with Gasteiger partial charge in [0, 0.05) is 21.9 Å². The molecule has 0 saturated heterocycles. The molecule has 98 valence electrons. The summed E-state index contributed by atoms with van der Waals surface area (Å²) in [6.45, 7) is 0.286. The number of terminal acetylenes is 1. The fraction of sp³-hybridized carbons (Fsp3) is 0.273. The minimum atomic E-state index is -3.63. The molecule has 0 aromatic heterocycles. The number of nitrogens with two attached hydrogens (primary N) is 1. The quantitative estimate of drug-likeness (QED) is 0.457. The summed E-state index contributed by atoms with van der Waals surface area (Å²) in [5, 5.41) is 0. The lowest BCUT2D eigenvalue weighted by atomic mass is 10.3. The van der Waals surface area contributed by atoms with Crippen LogP contribution in [0.4, 0.5) is 5.69 Å². The summed E-state index contributed by atoms with van der Waals surface area (Å²) in [4.78, 5) is 0.0476. The van der Waals surface area contributed by atoms with Crippen LogP contribution in [0.1, 0.15) is 12.8 Å². The molecule has 0 aliphatic heterocycles. The van der Waals surface area contributed by atoms with Gasteiger partial charge in [-0.3, -0.25) is 0 Å². The highest BCUT2D eigenvalue weighted by Crippen LogP contribution is 2.31. The van der Waals surface area contributed by atoms with Crippen molar-refractivity contribution in [1.82, 2.24) is 4.72 Å². The Kier molecular flexibility index (Phi) is 5.66. The van der Waals surface area contributed by atoms with Gasteiger partial charge in [-0.25, -0.2) is 13.1 Å². The van der Waals surface area contributed by atoms with E-state index in [9.17, 15) is 8.42 Å². The molecule has 0 heterocycles. The fourth-order valence-electron chi connectivity index (χ4n) is 1.33. The molecule has 3 N–H and O–H groups in total. The molecule has 0 aliphatic carbocycles. The van der Waals surface area contributed by atoms with Crippen LogP contribution in [0, 0.1) is 12.3 Å². The Morgan fingerprint density at radius 1 is 1.39 bits per heavy atom. The second-order valence-electron chi connectivity index (χ2n) is 3.51. The molecule has 0 spiro atoms. The first kappa shape index (κ1) is 15.5. The zero-order chi connectivity index (χ0) is 13.8. The van der Waals surface area contributed by atoms with Crippen molar-refractivity contribution in [2.45, 2.75) is 17.7 Å². The lowest BCUT2D eigenvalue weighted by Gasteiger charge is -2.11. The third-order valence-corrected chi connectivity index (χ3v) is 5.02. The first-order chi connectivity index (χ1) is 8.38. The van der Waals surface area contributed by atoms with Gasteiger partial charge in [-0.2, -0.15) is 0 Å². The van der Waals surface area contributed by atoms with Crippen LogP contribution in [0.15, 0.2) is 26.0 Å². The first-order valence-corrected chi connectivity index (χ1v) is 8.13. The average molecular weight is 396 g/mol. The van der Waals surface area contributed by atoms with Crippen molar-refractivity contribution in [1.29, 1.82) is 0 Å². The van der Waals surface area contributed by atoms with Crippen molar-refractivity contribution in [2.24, 2.45) is 0 Å². The monoisotopic (exact) mass is 394 g/mol. The lowest BCUT2D eigenvalue weighted by Crippen LogP contribution is -2.26. The maximum absolute atomic E-state index is 12.1. The van der Waals surface area contributed by atoms with E-state index in [-0.39, 0.29) is 17.1 Å². The molecule has 0 saturated carbocycles. The summed E-state index contributed by atoms with van der Waals surface area (Å²) in [5.74, 6) is 2.45. The Morgan fingerprint density at radius 2 is 2.06 bits per heavy atom. The van der Waals surface area contributed by atoms with Crippen LogP contribution in [0.2, 0.25) is 0 Å². The molecule has 0 unspecified atom stereocenters. The summed E-state index contributed by atoms with van der Waals surface area (Å²) in [6, 6.07) is 3.17. The largest absolute Gasteiger partial charge is 0.398 e. The van der Waals surface area contributed by atoms with Gasteiger partial charge in [-0.05, 0) is 34.5 Å². The van der Waals surface area contributed by atoms with E-state index in [1.54, 1.807) is 12.1 Å². The van der Waals surface area contributed by atoms with E-state index in [1.807, 2.05) is 0 Å². The second-order valence-corrected chi connectivity index (χ2v) is 6.99. The minimum Gasteiger partial charge on any atom is -0.398 e. The Hall–Kier alpha value is -0.550. The number of unbranched alkanes of at least 4 members (excludes halogenated alkanes) is 1. The number of nitrogen functional groups attached to an aromatic ring is 1. The van der Waals surface area contributed by atoms with E-state index in [4.69, 9.17) is 12.2 Å². The van der Waals surface area contributed by atoms with E-state index in [0.29, 0.717) is 21.8 Å². The molecule has 1 rings (SSSR count). The van der Waals surface area contributed by atoms with Gasteiger partial charge in [0.1, 0.15) is 4.90 Å². The van der Waals surface area contributed by atoms with Gasteiger partial charge >= 0.3 is 0 Å². The van der Waals surface area contributed by atoms with Crippen LogP contribution in [0.25, 0.3) is 0 Å². The Labute approximate surface area is 124 Å². The number of nitrogens with one attached hydrogen (secondary N) is 1. The van der Waals surface area contributed by atoms with Gasteiger partial charge in [0.15, 0.2) is 0 Å². The van der Waals surface area contributed by atoms with Gasteiger partial charge < -0.3 is 5.73 Å². The predicted molar refractivity (Wildman–Crippen MR) is 79.5 cm³/mol. The molecular formula is C11H12Br2N2O2S. The molecule has 4 nitrogen and oxygen atoms in total. The van der Waals surface area contributed by atoms with E-state index < -0.39 is 10.0 Å². The molecule has 1 aromatic carbocycles. The molecule has 0 aliphatic rings. The number of anilines is 1. The van der Waals surface area contributed by atoms with Crippen molar-refractivity contribution in [3.05, 3.63) is 21.1 Å². The minimum absolute atomic E-state index is 0.0476. The maximum atomic E-state index is 12.1. The highest BCUT2D eigenvalue weighted by atomic mass is 79.9.